The minimum absolute atomic E-state index is 0.133. The van der Waals surface area contributed by atoms with Crippen LogP contribution in [0.4, 0.5) is 5.82 Å². The van der Waals surface area contributed by atoms with Crippen molar-refractivity contribution in [1.82, 2.24) is 14.7 Å². The molecular formula is C22H32N4O4S. The van der Waals surface area contributed by atoms with Crippen LogP contribution in [0.3, 0.4) is 0 Å². The Morgan fingerprint density at radius 3 is 2.42 bits per heavy atom. The van der Waals surface area contributed by atoms with E-state index in [1.807, 2.05) is 26.8 Å². The number of nitrogens with zero attached hydrogens (tertiary/aromatic N) is 3. The van der Waals surface area contributed by atoms with Gasteiger partial charge in [-0.25, -0.2) is 18.1 Å². The number of sulfonamides is 1. The monoisotopic (exact) mass is 448 g/mol. The zero-order valence-electron chi connectivity index (χ0n) is 19.0. The van der Waals surface area contributed by atoms with Crippen LogP contribution in [0, 0.1) is 27.7 Å². The summed E-state index contributed by atoms with van der Waals surface area (Å²) in [6.07, 6.45) is 3.56. The predicted molar refractivity (Wildman–Crippen MR) is 121 cm³/mol. The van der Waals surface area contributed by atoms with Crippen molar-refractivity contribution in [2.45, 2.75) is 51.9 Å². The molecular weight excluding hydrogens is 416 g/mol. The van der Waals surface area contributed by atoms with Crippen molar-refractivity contribution in [3.05, 3.63) is 34.6 Å². The molecule has 0 aliphatic carbocycles. The lowest BCUT2D eigenvalue weighted by molar-refractivity contribution is 0.309. The van der Waals surface area contributed by atoms with Crippen LogP contribution < -0.4 is 19.1 Å². The summed E-state index contributed by atoms with van der Waals surface area (Å²) < 4.78 is 39.4. The molecule has 0 radical (unpaired) electrons. The quantitative estimate of drug-likeness (QED) is 0.620. The number of rotatable bonds is 8. The van der Waals surface area contributed by atoms with E-state index in [1.165, 1.54) is 6.42 Å². The Balaban J connectivity index is 1.64. The number of piperidine rings is 1. The van der Waals surface area contributed by atoms with E-state index in [0.717, 1.165) is 42.9 Å². The van der Waals surface area contributed by atoms with E-state index in [-0.39, 0.29) is 18.0 Å². The molecule has 0 saturated carbocycles. The van der Waals surface area contributed by atoms with Crippen molar-refractivity contribution in [2.75, 3.05) is 38.3 Å². The predicted octanol–water partition coefficient (Wildman–Crippen LogP) is 3.07. The van der Waals surface area contributed by atoms with Crippen LogP contribution in [0.25, 0.3) is 0 Å². The second kappa shape index (κ2) is 9.82. The third kappa shape index (κ3) is 5.46. The maximum atomic E-state index is 12.8. The van der Waals surface area contributed by atoms with Crippen molar-refractivity contribution in [3.8, 4) is 11.6 Å². The van der Waals surface area contributed by atoms with Crippen molar-refractivity contribution >= 4 is 15.8 Å². The molecule has 1 aliphatic rings. The summed E-state index contributed by atoms with van der Waals surface area (Å²) in [7, 11) is -2.09. The van der Waals surface area contributed by atoms with E-state index in [4.69, 9.17) is 9.47 Å². The number of aryl methyl sites for hydroxylation is 2. The van der Waals surface area contributed by atoms with E-state index < -0.39 is 10.0 Å². The molecule has 8 nitrogen and oxygen atoms in total. The molecule has 2 aromatic rings. The van der Waals surface area contributed by atoms with Crippen LogP contribution in [-0.2, 0) is 10.0 Å². The number of methoxy groups -OCH3 is 1. The van der Waals surface area contributed by atoms with Gasteiger partial charge in [-0.3, -0.25) is 0 Å². The van der Waals surface area contributed by atoms with Crippen molar-refractivity contribution in [3.63, 3.8) is 0 Å². The lowest BCUT2D eigenvalue weighted by Crippen LogP contribution is -2.31. The molecule has 0 atom stereocenters. The largest absolute Gasteiger partial charge is 0.496 e. The zero-order chi connectivity index (χ0) is 22.6. The fourth-order valence-electron chi connectivity index (χ4n) is 3.91. The highest BCUT2D eigenvalue weighted by molar-refractivity contribution is 7.89. The number of aromatic nitrogens is 2. The molecule has 0 spiro atoms. The van der Waals surface area contributed by atoms with Gasteiger partial charge in [-0.15, -0.1) is 0 Å². The van der Waals surface area contributed by atoms with Gasteiger partial charge in [-0.2, -0.15) is 4.98 Å². The van der Waals surface area contributed by atoms with Gasteiger partial charge in [0, 0.05) is 25.7 Å². The first-order valence-corrected chi connectivity index (χ1v) is 12.1. The van der Waals surface area contributed by atoms with Crippen LogP contribution in [0.5, 0.6) is 11.6 Å². The van der Waals surface area contributed by atoms with Gasteiger partial charge in [-0.05, 0) is 69.7 Å². The Morgan fingerprint density at radius 2 is 1.74 bits per heavy atom. The third-order valence-corrected chi connectivity index (χ3v) is 7.18. The number of anilines is 1. The highest BCUT2D eigenvalue weighted by Gasteiger charge is 2.21. The summed E-state index contributed by atoms with van der Waals surface area (Å²) in [6, 6.07) is 3.47. The smallest absolute Gasteiger partial charge is 0.240 e. The summed E-state index contributed by atoms with van der Waals surface area (Å²) >= 11 is 0. The fourth-order valence-corrected chi connectivity index (χ4v) is 5.30. The number of ether oxygens (including phenoxy) is 2. The summed E-state index contributed by atoms with van der Waals surface area (Å²) in [4.78, 5) is 11.3. The molecule has 1 aromatic carbocycles. The Morgan fingerprint density at radius 1 is 1.03 bits per heavy atom. The van der Waals surface area contributed by atoms with Gasteiger partial charge in [0.15, 0.2) is 0 Å². The van der Waals surface area contributed by atoms with Crippen LogP contribution >= 0.6 is 0 Å². The van der Waals surface area contributed by atoms with Crippen LogP contribution in [0.2, 0.25) is 0 Å². The zero-order valence-corrected chi connectivity index (χ0v) is 19.8. The van der Waals surface area contributed by atoms with Gasteiger partial charge in [-0.1, -0.05) is 0 Å². The molecule has 170 valence electrons. The maximum Gasteiger partial charge on any atom is 0.240 e. The Labute approximate surface area is 185 Å². The second-order valence-corrected chi connectivity index (χ2v) is 9.62. The molecule has 9 heteroatoms. The average molecular weight is 449 g/mol. The first-order valence-electron chi connectivity index (χ1n) is 10.6. The molecule has 1 fully saturated rings. The second-order valence-electron chi connectivity index (χ2n) is 7.88. The summed E-state index contributed by atoms with van der Waals surface area (Å²) in [5.74, 6) is 2.67. The average Bonchev–Trinajstić information content (AvgIpc) is 2.74. The highest BCUT2D eigenvalue weighted by Crippen LogP contribution is 2.30. The van der Waals surface area contributed by atoms with E-state index in [9.17, 15) is 8.42 Å². The molecule has 2 heterocycles. The number of hydrogen-bond donors (Lipinski definition) is 1. The van der Waals surface area contributed by atoms with Crippen LogP contribution in [-0.4, -0.2) is 51.7 Å². The minimum atomic E-state index is -3.68. The van der Waals surface area contributed by atoms with Gasteiger partial charge in [0.25, 0.3) is 0 Å². The maximum absolute atomic E-state index is 12.8. The normalized spacial score (nSPS) is 14.5. The Bertz CT molecular complexity index is 1030. The molecule has 1 N–H and O–H groups in total. The molecule has 1 aliphatic heterocycles. The molecule has 0 bridgehead atoms. The Kier molecular flexibility index (Phi) is 7.38. The van der Waals surface area contributed by atoms with Gasteiger partial charge in [0.05, 0.1) is 12.0 Å². The number of hydrogen-bond acceptors (Lipinski definition) is 7. The minimum Gasteiger partial charge on any atom is -0.496 e. The molecule has 0 amide bonds. The van der Waals surface area contributed by atoms with Crippen molar-refractivity contribution < 1.29 is 17.9 Å². The lowest BCUT2D eigenvalue weighted by atomic mass is 10.1. The van der Waals surface area contributed by atoms with E-state index in [0.29, 0.717) is 23.0 Å². The standard InChI is InChI=1S/C22H32N4O4S/c1-15-13-19(16(2)17(3)22(15)29-5)31(27,28)23-9-12-30-21-14-20(24-18(4)25-21)26-10-7-6-8-11-26/h13-14,23H,6-12H2,1-5H3. The fraction of sp³-hybridized carbons (Fsp3) is 0.545. The molecule has 31 heavy (non-hydrogen) atoms. The van der Waals surface area contributed by atoms with Crippen LogP contribution in [0.1, 0.15) is 41.8 Å². The van der Waals surface area contributed by atoms with E-state index in [1.54, 1.807) is 20.1 Å². The van der Waals surface area contributed by atoms with Gasteiger partial charge in [0.2, 0.25) is 15.9 Å². The van der Waals surface area contributed by atoms with Gasteiger partial charge in [0.1, 0.15) is 24.0 Å². The van der Waals surface area contributed by atoms with Crippen molar-refractivity contribution in [2.24, 2.45) is 0 Å². The summed E-state index contributed by atoms with van der Waals surface area (Å²) in [5, 5.41) is 0. The number of nitrogens with one attached hydrogen (secondary N) is 1. The molecule has 0 unspecified atom stereocenters. The molecule has 1 saturated heterocycles. The number of benzene rings is 1. The first-order chi connectivity index (χ1) is 14.7. The first kappa shape index (κ1) is 23.3. The highest BCUT2D eigenvalue weighted by atomic mass is 32.2. The van der Waals surface area contributed by atoms with Crippen molar-refractivity contribution in [1.29, 1.82) is 0 Å². The molecule has 1 aromatic heterocycles. The summed E-state index contributed by atoms with van der Waals surface area (Å²) in [5.41, 5.74) is 2.28. The van der Waals surface area contributed by atoms with Gasteiger partial charge < -0.3 is 14.4 Å². The topological polar surface area (TPSA) is 93.7 Å². The third-order valence-electron chi connectivity index (χ3n) is 5.60. The van der Waals surface area contributed by atoms with Gasteiger partial charge >= 0.3 is 0 Å². The van der Waals surface area contributed by atoms with E-state index in [2.05, 4.69) is 19.6 Å². The van der Waals surface area contributed by atoms with Crippen LogP contribution in [0.15, 0.2) is 17.0 Å². The Hall–Kier alpha value is -2.39. The van der Waals surface area contributed by atoms with E-state index >= 15 is 0 Å². The summed E-state index contributed by atoms with van der Waals surface area (Å²) in [6.45, 7) is 9.58. The SMILES string of the molecule is COc1c(C)cc(S(=O)(=O)NCCOc2cc(N3CCCCC3)nc(C)n2)c(C)c1C. The lowest BCUT2D eigenvalue weighted by Gasteiger charge is -2.28. The molecule has 3 rings (SSSR count).